The van der Waals surface area contributed by atoms with Crippen molar-refractivity contribution in [3.8, 4) is 11.5 Å². The molecule has 0 spiro atoms. The largest absolute Gasteiger partial charge is 0.457 e. The number of carbonyl (C=O) groups is 1. The lowest BCUT2D eigenvalue weighted by Crippen LogP contribution is -2.34. The average molecular weight is 529 g/mol. The van der Waals surface area contributed by atoms with Crippen LogP contribution < -0.4 is 14.4 Å². The molecule has 1 N–H and O–H groups in total. The molecule has 1 aliphatic rings. The van der Waals surface area contributed by atoms with Crippen molar-refractivity contribution >= 4 is 21.9 Å². The molecular weight excluding hydrogens is 500 g/mol. The molecule has 0 fully saturated rings. The fourth-order valence-corrected chi connectivity index (χ4v) is 5.36. The Morgan fingerprint density at radius 2 is 1.63 bits per heavy atom. The molecule has 0 bridgehead atoms. The van der Waals surface area contributed by atoms with E-state index >= 15 is 0 Å². The third-order valence-corrected chi connectivity index (χ3v) is 7.69. The van der Waals surface area contributed by atoms with E-state index in [1.54, 1.807) is 24.3 Å². The van der Waals surface area contributed by atoms with Gasteiger partial charge in [-0.15, -0.1) is 0 Å². The number of hydrogen-bond acceptors (Lipinski definition) is 7. The highest BCUT2D eigenvalue weighted by molar-refractivity contribution is 7.90. The lowest BCUT2D eigenvalue weighted by atomic mass is 10.0. The van der Waals surface area contributed by atoms with Crippen LogP contribution in [-0.2, 0) is 29.4 Å². The van der Waals surface area contributed by atoms with Gasteiger partial charge < -0.3 is 9.64 Å². The van der Waals surface area contributed by atoms with Gasteiger partial charge in [-0.1, -0.05) is 55.8 Å². The highest BCUT2D eigenvalue weighted by atomic mass is 32.2. The zero-order valence-electron chi connectivity index (χ0n) is 21.0. The number of nitrogens with one attached hydrogen (secondary N) is 1. The SMILES string of the molecule is CCCc1nc(N2CCc3ccccc3C2)ncc1C(=O)NS(=O)(=O)c1ccc(Oc2ccccc2)cc1. The van der Waals surface area contributed by atoms with Crippen LogP contribution >= 0.6 is 0 Å². The Hall–Kier alpha value is -4.24. The summed E-state index contributed by atoms with van der Waals surface area (Å²) in [6.45, 7) is 3.44. The molecule has 8 nitrogen and oxygen atoms in total. The molecule has 5 rings (SSSR count). The number of anilines is 1. The smallest absolute Gasteiger partial charge is 0.268 e. The normalized spacial score (nSPS) is 13.0. The lowest BCUT2D eigenvalue weighted by molar-refractivity contribution is 0.0979. The Balaban J connectivity index is 1.31. The summed E-state index contributed by atoms with van der Waals surface area (Å²) < 4.78 is 33.8. The van der Waals surface area contributed by atoms with Crippen LogP contribution in [0.4, 0.5) is 5.95 Å². The van der Waals surface area contributed by atoms with Crippen LogP contribution in [0.25, 0.3) is 0 Å². The van der Waals surface area contributed by atoms with Gasteiger partial charge in [-0.3, -0.25) is 4.79 Å². The third-order valence-electron chi connectivity index (χ3n) is 6.34. The first kappa shape index (κ1) is 25.4. The Morgan fingerprint density at radius 3 is 2.37 bits per heavy atom. The number of fused-ring (bicyclic) bond motifs is 1. The number of aryl methyl sites for hydroxylation is 1. The van der Waals surface area contributed by atoms with Crippen LogP contribution in [0, 0.1) is 0 Å². The Morgan fingerprint density at radius 1 is 0.947 bits per heavy atom. The van der Waals surface area contributed by atoms with Crippen LogP contribution in [0.15, 0.2) is 90.0 Å². The number of sulfonamides is 1. The van der Waals surface area contributed by atoms with Crippen molar-refractivity contribution in [1.82, 2.24) is 14.7 Å². The first-order valence-electron chi connectivity index (χ1n) is 12.5. The molecule has 2 heterocycles. The van der Waals surface area contributed by atoms with Gasteiger partial charge in [0.1, 0.15) is 11.5 Å². The standard InChI is InChI=1S/C29H28N4O4S/c1-2-8-27-26(19-30-29(31-27)33-18-17-21-9-6-7-10-22(21)20-33)28(34)32-38(35,36)25-15-13-24(14-16-25)37-23-11-4-3-5-12-23/h3-7,9-16,19H,2,8,17-18,20H2,1H3,(H,32,34). The molecule has 0 atom stereocenters. The van der Waals surface area contributed by atoms with Gasteiger partial charge in [0.2, 0.25) is 5.95 Å². The van der Waals surface area contributed by atoms with Gasteiger partial charge in [0.15, 0.2) is 0 Å². The fraction of sp³-hybridized carbons (Fsp3) is 0.207. The molecule has 194 valence electrons. The molecule has 9 heteroatoms. The van der Waals surface area contributed by atoms with Gasteiger partial charge in [-0.2, -0.15) is 0 Å². The second-order valence-corrected chi connectivity index (χ2v) is 10.7. The predicted octanol–water partition coefficient (Wildman–Crippen LogP) is 4.90. The summed E-state index contributed by atoms with van der Waals surface area (Å²) in [6, 6.07) is 23.3. The van der Waals surface area contributed by atoms with Gasteiger partial charge in [0.25, 0.3) is 15.9 Å². The minimum atomic E-state index is -4.11. The van der Waals surface area contributed by atoms with E-state index in [4.69, 9.17) is 4.74 Å². The lowest BCUT2D eigenvalue weighted by Gasteiger charge is -2.29. The molecule has 0 radical (unpaired) electrons. The summed E-state index contributed by atoms with van der Waals surface area (Å²) in [7, 11) is -4.11. The van der Waals surface area contributed by atoms with Crippen LogP contribution in [-0.4, -0.2) is 30.8 Å². The number of rotatable bonds is 8. The van der Waals surface area contributed by atoms with E-state index in [0.29, 0.717) is 36.1 Å². The molecule has 4 aromatic rings. The fourth-order valence-electron chi connectivity index (χ4n) is 4.39. The molecule has 0 aliphatic carbocycles. The first-order chi connectivity index (χ1) is 18.4. The quantitative estimate of drug-likeness (QED) is 0.347. The number of carbonyl (C=O) groups excluding carboxylic acids is 1. The number of nitrogens with zero attached hydrogens (tertiary/aromatic N) is 3. The van der Waals surface area contributed by atoms with E-state index in [9.17, 15) is 13.2 Å². The van der Waals surface area contributed by atoms with E-state index in [-0.39, 0.29) is 10.5 Å². The first-order valence-corrected chi connectivity index (χ1v) is 14.0. The zero-order valence-corrected chi connectivity index (χ0v) is 21.8. The molecule has 0 saturated heterocycles. The maximum Gasteiger partial charge on any atom is 0.268 e. The Kier molecular flexibility index (Phi) is 7.37. The molecule has 0 saturated carbocycles. The number of ether oxygens (including phenoxy) is 1. The van der Waals surface area contributed by atoms with Gasteiger partial charge in [0.05, 0.1) is 16.2 Å². The summed E-state index contributed by atoms with van der Waals surface area (Å²) in [6.07, 6.45) is 3.58. The van der Waals surface area contributed by atoms with Crippen molar-refractivity contribution in [3.05, 3.63) is 107 Å². The summed E-state index contributed by atoms with van der Waals surface area (Å²) in [5.41, 5.74) is 3.22. The summed E-state index contributed by atoms with van der Waals surface area (Å²) >= 11 is 0. The van der Waals surface area contributed by atoms with Crippen LogP contribution in [0.5, 0.6) is 11.5 Å². The van der Waals surface area contributed by atoms with E-state index in [1.165, 1.54) is 29.5 Å². The van der Waals surface area contributed by atoms with Crippen molar-refractivity contribution in [1.29, 1.82) is 0 Å². The van der Waals surface area contributed by atoms with Crippen LogP contribution in [0.2, 0.25) is 0 Å². The Bertz CT molecular complexity index is 1540. The van der Waals surface area contributed by atoms with Gasteiger partial charge in [0, 0.05) is 19.3 Å². The third kappa shape index (κ3) is 5.68. The summed E-state index contributed by atoms with van der Waals surface area (Å²) in [5, 5.41) is 0. The maximum atomic E-state index is 13.1. The monoisotopic (exact) mass is 528 g/mol. The van der Waals surface area contributed by atoms with Crippen molar-refractivity contribution in [2.75, 3.05) is 11.4 Å². The van der Waals surface area contributed by atoms with Crippen LogP contribution in [0.1, 0.15) is 40.5 Å². The number of amides is 1. The second-order valence-electron chi connectivity index (χ2n) is 9.04. The maximum absolute atomic E-state index is 13.1. The zero-order chi connectivity index (χ0) is 26.5. The number of para-hydroxylation sites is 1. The van der Waals surface area contributed by atoms with Crippen molar-refractivity contribution in [2.24, 2.45) is 0 Å². The molecule has 38 heavy (non-hydrogen) atoms. The molecule has 1 aromatic heterocycles. The minimum Gasteiger partial charge on any atom is -0.457 e. The van der Waals surface area contributed by atoms with Crippen molar-refractivity contribution in [2.45, 2.75) is 37.6 Å². The van der Waals surface area contributed by atoms with Gasteiger partial charge in [-0.05, 0) is 60.4 Å². The van der Waals surface area contributed by atoms with Crippen molar-refractivity contribution in [3.63, 3.8) is 0 Å². The van der Waals surface area contributed by atoms with Crippen molar-refractivity contribution < 1.29 is 17.9 Å². The molecule has 0 unspecified atom stereocenters. The minimum absolute atomic E-state index is 0.0483. The molecule has 1 amide bonds. The van der Waals surface area contributed by atoms with E-state index in [0.717, 1.165) is 19.4 Å². The highest BCUT2D eigenvalue weighted by Crippen LogP contribution is 2.24. The van der Waals surface area contributed by atoms with Gasteiger partial charge in [-0.25, -0.2) is 23.1 Å². The topological polar surface area (TPSA) is 101 Å². The number of aromatic nitrogens is 2. The summed E-state index contributed by atoms with van der Waals surface area (Å²) in [4.78, 5) is 24.2. The molecule has 3 aromatic carbocycles. The summed E-state index contributed by atoms with van der Waals surface area (Å²) in [5.74, 6) is 0.901. The number of benzene rings is 3. The average Bonchev–Trinajstić information content (AvgIpc) is 2.93. The Labute approximate surface area is 222 Å². The molecule has 1 aliphatic heterocycles. The number of hydrogen-bond donors (Lipinski definition) is 1. The predicted molar refractivity (Wildman–Crippen MR) is 145 cm³/mol. The van der Waals surface area contributed by atoms with Crippen LogP contribution in [0.3, 0.4) is 0 Å². The second kappa shape index (κ2) is 11.0. The van der Waals surface area contributed by atoms with E-state index in [2.05, 4.69) is 31.7 Å². The molecular formula is C29H28N4O4S. The highest BCUT2D eigenvalue weighted by Gasteiger charge is 2.24. The van der Waals surface area contributed by atoms with E-state index < -0.39 is 15.9 Å². The van der Waals surface area contributed by atoms with E-state index in [1.807, 2.05) is 37.3 Å². The van der Waals surface area contributed by atoms with Gasteiger partial charge >= 0.3 is 0 Å².